The van der Waals surface area contributed by atoms with E-state index in [1.807, 2.05) is 43.3 Å². The second kappa shape index (κ2) is 8.02. The average molecular weight is 285 g/mol. The highest BCUT2D eigenvalue weighted by Gasteiger charge is 2.14. The number of carbonyl (C=O) groups is 1. The Morgan fingerprint density at radius 2 is 1.84 bits per heavy atom. The molecule has 0 fully saturated rings. The number of hydrogen-bond acceptors (Lipinski definition) is 3. The molecule has 0 aliphatic carbocycles. The summed E-state index contributed by atoms with van der Waals surface area (Å²) in [7, 11) is 5.56. The summed E-state index contributed by atoms with van der Waals surface area (Å²) in [6, 6.07) is 7.54. The molecule has 0 heterocycles. The van der Waals surface area contributed by atoms with Crippen LogP contribution in [0.25, 0.3) is 0 Å². The Morgan fingerprint density at radius 1 is 1.21 bits per heavy atom. The number of anilines is 1. The van der Waals surface area contributed by atoms with Crippen molar-refractivity contribution in [3.8, 4) is 0 Å². The molecular weight excluding hydrogens is 264 g/mol. The van der Waals surface area contributed by atoms with Gasteiger partial charge in [-0.3, -0.25) is 4.79 Å². The standard InChI is InChI=1S/C14H21ClN2O2/c1-16(2)13-6-4-12(5-7-13)14(18)17(9-8-15)10-11-19-3/h4-7H,8-11H2,1-3H3. The number of amides is 1. The molecule has 4 nitrogen and oxygen atoms in total. The molecule has 5 heteroatoms. The third-order valence-electron chi connectivity index (χ3n) is 2.84. The van der Waals surface area contributed by atoms with Crippen molar-refractivity contribution in [1.82, 2.24) is 4.90 Å². The molecule has 0 saturated carbocycles. The van der Waals surface area contributed by atoms with Crippen LogP contribution < -0.4 is 4.90 Å². The minimum atomic E-state index is -0.0111. The van der Waals surface area contributed by atoms with Gasteiger partial charge < -0.3 is 14.5 Å². The average Bonchev–Trinajstić information content (AvgIpc) is 2.42. The highest BCUT2D eigenvalue weighted by molar-refractivity contribution is 6.18. The summed E-state index contributed by atoms with van der Waals surface area (Å²) in [6.07, 6.45) is 0. The summed E-state index contributed by atoms with van der Waals surface area (Å²) < 4.78 is 5.01. The maximum absolute atomic E-state index is 12.3. The first-order chi connectivity index (χ1) is 9.10. The maximum atomic E-state index is 12.3. The second-order valence-corrected chi connectivity index (χ2v) is 4.79. The van der Waals surface area contributed by atoms with Crippen molar-refractivity contribution < 1.29 is 9.53 Å². The van der Waals surface area contributed by atoms with Crippen LogP contribution in [-0.4, -0.2) is 57.6 Å². The Kier molecular flexibility index (Phi) is 6.67. The number of nitrogens with zero attached hydrogens (tertiary/aromatic N) is 2. The van der Waals surface area contributed by atoms with E-state index in [1.165, 1.54) is 0 Å². The molecule has 0 unspecified atom stereocenters. The van der Waals surface area contributed by atoms with Gasteiger partial charge in [0.2, 0.25) is 0 Å². The lowest BCUT2D eigenvalue weighted by molar-refractivity contribution is 0.0708. The fourth-order valence-corrected chi connectivity index (χ4v) is 1.91. The zero-order chi connectivity index (χ0) is 14.3. The lowest BCUT2D eigenvalue weighted by atomic mass is 10.1. The van der Waals surface area contributed by atoms with Crippen LogP contribution in [0.15, 0.2) is 24.3 Å². The quantitative estimate of drug-likeness (QED) is 0.719. The SMILES string of the molecule is COCCN(CCCl)C(=O)c1ccc(N(C)C)cc1. The smallest absolute Gasteiger partial charge is 0.253 e. The highest BCUT2D eigenvalue weighted by atomic mass is 35.5. The van der Waals surface area contributed by atoms with E-state index in [9.17, 15) is 4.79 Å². The summed E-state index contributed by atoms with van der Waals surface area (Å²) in [6.45, 7) is 1.59. The number of rotatable bonds is 7. The minimum Gasteiger partial charge on any atom is -0.383 e. The van der Waals surface area contributed by atoms with Crippen LogP contribution >= 0.6 is 11.6 Å². The van der Waals surface area contributed by atoms with E-state index in [4.69, 9.17) is 16.3 Å². The molecule has 0 aliphatic rings. The van der Waals surface area contributed by atoms with Crippen molar-refractivity contribution in [2.24, 2.45) is 0 Å². The Morgan fingerprint density at radius 3 is 2.32 bits per heavy atom. The lowest BCUT2D eigenvalue weighted by Gasteiger charge is -2.21. The van der Waals surface area contributed by atoms with Gasteiger partial charge in [0.15, 0.2) is 0 Å². The Hall–Kier alpha value is -1.26. The zero-order valence-electron chi connectivity index (χ0n) is 11.7. The highest BCUT2D eigenvalue weighted by Crippen LogP contribution is 2.13. The lowest BCUT2D eigenvalue weighted by Crippen LogP contribution is -2.35. The monoisotopic (exact) mass is 284 g/mol. The molecule has 0 spiro atoms. The van der Waals surface area contributed by atoms with E-state index >= 15 is 0 Å². The summed E-state index contributed by atoms with van der Waals surface area (Å²) in [5.41, 5.74) is 1.74. The van der Waals surface area contributed by atoms with Crippen LogP contribution in [0.5, 0.6) is 0 Å². The molecule has 1 aromatic rings. The number of hydrogen-bond donors (Lipinski definition) is 0. The molecule has 0 radical (unpaired) electrons. The Labute approximate surface area is 119 Å². The van der Waals surface area contributed by atoms with Gasteiger partial charge in [-0.2, -0.15) is 0 Å². The molecule has 1 aromatic carbocycles. The molecule has 0 N–H and O–H groups in total. The van der Waals surface area contributed by atoms with Crippen LogP contribution in [0.1, 0.15) is 10.4 Å². The van der Waals surface area contributed by atoms with Gasteiger partial charge in [-0.25, -0.2) is 0 Å². The van der Waals surface area contributed by atoms with Crippen molar-refractivity contribution in [3.05, 3.63) is 29.8 Å². The molecule has 19 heavy (non-hydrogen) atoms. The van der Waals surface area contributed by atoms with Crippen molar-refractivity contribution in [2.45, 2.75) is 0 Å². The predicted octanol–water partition coefficient (Wildman–Crippen LogP) is 2.08. The molecule has 0 aliphatic heterocycles. The van der Waals surface area contributed by atoms with E-state index in [0.717, 1.165) is 5.69 Å². The summed E-state index contributed by atoms with van der Waals surface area (Å²) in [4.78, 5) is 16.0. The first-order valence-electron chi connectivity index (χ1n) is 6.21. The van der Waals surface area contributed by atoms with Crippen LogP contribution in [0.2, 0.25) is 0 Å². The van der Waals surface area contributed by atoms with Gasteiger partial charge in [0.1, 0.15) is 0 Å². The van der Waals surface area contributed by atoms with Crippen molar-refractivity contribution in [2.75, 3.05) is 51.7 Å². The topological polar surface area (TPSA) is 32.8 Å². The van der Waals surface area contributed by atoms with E-state index in [1.54, 1.807) is 12.0 Å². The van der Waals surface area contributed by atoms with Crippen LogP contribution in [0, 0.1) is 0 Å². The maximum Gasteiger partial charge on any atom is 0.253 e. The number of alkyl halides is 1. The number of carbonyl (C=O) groups excluding carboxylic acids is 1. The Balaban J connectivity index is 2.77. The van der Waals surface area contributed by atoms with E-state index in [2.05, 4.69) is 0 Å². The van der Waals surface area contributed by atoms with Gasteiger partial charge in [-0.15, -0.1) is 11.6 Å². The number of ether oxygens (including phenoxy) is 1. The molecule has 0 saturated heterocycles. The molecule has 106 valence electrons. The predicted molar refractivity (Wildman–Crippen MR) is 79.3 cm³/mol. The fourth-order valence-electron chi connectivity index (χ4n) is 1.70. The summed E-state index contributed by atoms with van der Waals surface area (Å²) in [5.74, 6) is 0.411. The van der Waals surface area contributed by atoms with Crippen LogP contribution in [-0.2, 0) is 4.74 Å². The zero-order valence-corrected chi connectivity index (χ0v) is 12.5. The van der Waals surface area contributed by atoms with E-state index in [0.29, 0.717) is 31.1 Å². The first-order valence-corrected chi connectivity index (χ1v) is 6.75. The molecule has 1 rings (SSSR count). The molecular formula is C14H21ClN2O2. The summed E-state index contributed by atoms with van der Waals surface area (Å²) >= 11 is 5.73. The molecule has 1 amide bonds. The fraction of sp³-hybridized carbons (Fsp3) is 0.500. The first kappa shape index (κ1) is 15.8. The van der Waals surface area contributed by atoms with Crippen LogP contribution in [0.3, 0.4) is 0 Å². The number of benzene rings is 1. The van der Waals surface area contributed by atoms with Gasteiger partial charge in [-0.1, -0.05) is 0 Å². The normalized spacial score (nSPS) is 10.3. The van der Waals surface area contributed by atoms with E-state index in [-0.39, 0.29) is 5.91 Å². The second-order valence-electron chi connectivity index (χ2n) is 4.42. The van der Waals surface area contributed by atoms with Crippen molar-refractivity contribution in [1.29, 1.82) is 0 Å². The molecule has 0 bridgehead atoms. The van der Waals surface area contributed by atoms with Gasteiger partial charge in [0, 0.05) is 51.4 Å². The molecule has 0 aromatic heterocycles. The van der Waals surface area contributed by atoms with Gasteiger partial charge >= 0.3 is 0 Å². The largest absolute Gasteiger partial charge is 0.383 e. The van der Waals surface area contributed by atoms with Crippen molar-refractivity contribution in [3.63, 3.8) is 0 Å². The molecule has 0 atom stereocenters. The third-order valence-corrected chi connectivity index (χ3v) is 3.01. The van der Waals surface area contributed by atoms with E-state index < -0.39 is 0 Å². The number of methoxy groups -OCH3 is 1. The van der Waals surface area contributed by atoms with Gasteiger partial charge in [0.05, 0.1) is 6.61 Å². The Bertz CT molecular complexity index is 393. The number of halogens is 1. The third kappa shape index (κ3) is 4.73. The van der Waals surface area contributed by atoms with Crippen molar-refractivity contribution >= 4 is 23.2 Å². The van der Waals surface area contributed by atoms with Gasteiger partial charge in [0.25, 0.3) is 5.91 Å². The summed E-state index contributed by atoms with van der Waals surface area (Å²) in [5, 5.41) is 0. The minimum absolute atomic E-state index is 0.0111. The van der Waals surface area contributed by atoms with Gasteiger partial charge in [-0.05, 0) is 24.3 Å². The van der Waals surface area contributed by atoms with Crippen LogP contribution in [0.4, 0.5) is 5.69 Å².